The first-order valence-corrected chi connectivity index (χ1v) is 4.35. The molecule has 1 aromatic rings. The molecule has 1 unspecified atom stereocenters. The maximum Gasteiger partial charge on any atom is 0.146 e. The molecule has 4 heteroatoms. The molecule has 0 spiro atoms. The Morgan fingerprint density at radius 3 is 2.83 bits per heavy atom. The highest BCUT2D eigenvalue weighted by Gasteiger charge is 2.07. The van der Waals surface area contributed by atoms with Crippen molar-refractivity contribution in [2.45, 2.75) is 18.7 Å². The molecule has 0 fully saturated rings. The molecule has 1 heterocycles. The van der Waals surface area contributed by atoms with E-state index in [1.54, 1.807) is 6.92 Å². The van der Waals surface area contributed by atoms with E-state index in [-0.39, 0.29) is 5.38 Å². The van der Waals surface area contributed by atoms with Gasteiger partial charge in [0.25, 0.3) is 0 Å². The number of nitrogens with zero attached hydrogens (tertiary/aromatic N) is 1. The van der Waals surface area contributed by atoms with Gasteiger partial charge >= 0.3 is 0 Å². The van der Waals surface area contributed by atoms with Crippen molar-refractivity contribution in [3.05, 3.63) is 28.8 Å². The van der Waals surface area contributed by atoms with Gasteiger partial charge in [0.2, 0.25) is 0 Å². The van der Waals surface area contributed by atoms with Gasteiger partial charge in [0, 0.05) is 18.0 Å². The third-order valence-corrected chi connectivity index (χ3v) is 1.72. The van der Waals surface area contributed by atoms with Crippen LogP contribution in [0.1, 0.15) is 12.6 Å². The highest BCUT2D eigenvalue weighted by Crippen LogP contribution is 2.14. The summed E-state index contributed by atoms with van der Waals surface area (Å²) in [5.41, 5.74) is 0.363. The van der Waals surface area contributed by atoms with Crippen LogP contribution in [0.2, 0.25) is 5.02 Å². The Hall–Kier alpha value is -0.340. The first-order chi connectivity index (χ1) is 5.59. The van der Waals surface area contributed by atoms with Crippen LogP contribution in [-0.2, 0) is 6.42 Å². The zero-order chi connectivity index (χ0) is 9.14. The number of hydrogen-bond acceptors (Lipinski definition) is 1. The molecule has 0 aliphatic heterocycles. The van der Waals surface area contributed by atoms with E-state index in [1.807, 2.05) is 0 Å². The van der Waals surface area contributed by atoms with Crippen molar-refractivity contribution < 1.29 is 4.39 Å². The summed E-state index contributed by atoms with van der Waals surface area (Å²) in [4.78, 5) is 3.83. The summed E-state index contributed by atoms with van der Waals surface area (Å²) in [5, 5.41) is 0.187. The van der Waals surface area contributed by atoms with E-state index in [2.05, 4.69) is 4.98 Å². The van der Waals surface area contributed by atoms with Crippen LogP contribution < -0.4 is 0 Å². The molecule has 0 saturated heterocycles. The molecule has 0 aliphatic rings. The van der Waals surface area contributed by atoms with E-state index in [9.17, 15) is 4.39 Å². The molecule has 1 atom stereocenters. The molecular formula is C8H8Cl2FN. The minimum absolute atomic E-state index is 0.117. The second-order valence-electron chi connectivity index (χ2n) is 2.57. The van der Waals surface area contributed by atoms with Crippen LogP contribution in [0.3, 0.4) is 0 Å². The summed E-state index contributed by atoms with van der Waals surface area (Å²) in [6.45, 7) is 1.79. The van der Waals surface area contributed by atoms with Gasteiger partial charge in [-0.15, -0.1) is 11.6 Å². The highest BCUT2D eigenvalue weighted by molar-refractivity contribution is 6.30. The second-order valence-corrected chi connectivity index (χ2v) is 3.75. The molecule has 66 valence electrons. The lowest BCUT2D eigenvalue weighted by Gasteiger charge is -2.03. The van der Waals surface area contributed by atoms with Gasteiger partial charge < -0.3 is 0 Å². The van der Waals surface area contributed by atoms with Gasteiger partial charge in [-0.05, 0) is 13.0 Å². The lowest BCUT2D eigenvalue weighted by molar-refractivity contribution is 0.596. The lowest BCUT2D eigenvalue weighted by atomic mass is 10.2. The lowest BCUT2D eigenvalue weighted by Crippen LogP contribution is -2.02. The van der Waals surface area contributed by atoms with E-state index in [4.69, 9.17) is 23.2 Å². The van der Waals surface area contributed by atoms with Crippen molar-refractivity contribution in [2.75, 3.05) is 0 Å². The molecule has 1 nitrogen and oxygen atoms in total. The predicted octanol–water partition coefficient (Wildman–Crippen LogP) is 3.04. The molecule has 1 rings (SSSR count). The summed E-state index contributed by atoms with van der Waals surface area (Å²) in [6, 6.07) is 1.24. The largest absolute Gasteiger partial charge is 0.257 e. The van der Waals surface area contributed by atoms with Crippen molar-refractivity contribution in [1.29, 1.82) is 0 Å². The summed E-state index contributed by atoms with van der Waals surface area (Å²) < 4.78 is 13.0. The first-order valence-electron chi connectivity index (χ1n) is 3.53. The van der Waals surface area contributed by atoms with Crippen LogP contribution >= 0.6 is 23.2 Å². The Balaban J connectivity index is 2.86. The monoisotopic (exact) mass is 207 g/mol. The van der Waals surface area contributed by atoms with Crippen LogP contribution in [0.4, 0.5) is 4.39 Å². The number of halogens is 3. The number of hydrogen-bond donors (Lipinski definition) is 0. The van der Waals surface area contributed by atoms with E-state index >= 15 is 0 Å². The fourth-order valence-electron chi connectivity index (χ4n) is 0.860. The molecule has 0 aliphatic carbocycles. The summed E-state index contributed by atoms with van der Waals surface area (Å²) in [5.74, 6) is -0.394. The molecule has 0 radical (unpaired) electrons. The van der Waals surface area contributed by atoms with E-state index in [0.717, 1.165) is 0 Å². The molecule has 0 bridgehead atoms. The first kappa shape index (κ1) is 9.75. The molecule has 12 heavy (non-hydrogen) atoms. The smallest absolute Gasteiger partial charge is 0.146 e. The maximum atomic E-state index is 13.0. The Bertz CT molecular complexity index is 276. The van der Waals surface area contributed by atoms with Crippen LogP contribution in [0.5, 0.6) is 0 Å². The molecule has 0 N–H and O–H groups in total. The molecule has 1 aromatic heterocycles. The average Bonchev–Trinajstić information content (AvgIpc) is 1.94. The zero-order valence-corrected chi connectivity index (χ0v) is 8.03. The van der Waals surface area contributed by atoms with Crippen molar-refractivity contribution >= 4 is 23.2 Å². The van der Waals surface area contributed by atoms with Gasteiger partial charge in [0.1, 0.15) is 5.82 Å². The Morgan fingerprint density at radius 1 is 1.67 bits per heavy atom. The predicted molar refractivity (Wildman–Crippen MR) is 48.2 cm³/mol. The van der Waals surface area contributed by atoms with Crippen molar-refractivity contribution in [3.63, 3.8) is 0 Å². The van der Waals surface area contributed by atoms with E-state index in [1.165, 1.54) is 12.3 Å². The van der Waals surface area contributed by atoms with Crippen molar-refractivity contribution in [2.24, 2.45) is 0 Å². The second kappa shape index (κ2) is 4.06. The van der Waals surface area contributed by atoms with Crippen molar-refractivity contribution in [1.82, 2.24) is 4.98 Å². The molecular weight excluding hydrogens is 200 g/mol. The third-order valence-electron chi connectivity index (χ3n) is 1.36. The minimum atomic E-state index is -0.394. The minimum Gasteiger partial charge on any atom is -0.257 e. The van der Waals surface area contributed by atoms with Gasteiger partial charge in [0.05, 0.1) is 10.7 Å². The van der Waals surface area contributed by atoms with Gasteiger partial charge in [-0.1, -0.05) is 11.6 Å². The zero-order valence-electron chi connectivity index (χ0n) is 6.52. The SMILES string of the molecule is CC(Cl)Cc1ncc(Cl)cc1F. The quantitative estimate of drug-likeness (QED) is 0.680. The Labute approximate surface area is 80.5 Å². The number of pyridine rings is 1. The highest BCUT2D eigenvalue weighted by atomic mass is 35.5. The van der Waals surface area contributed by atoms with Crippen LogP contribution in [0.15, 0.2) is 12.3 Å². The fourth-order valence-corrected chi connectivity index (χ4v) is 1.15. The fraction of sp³-hybridized carbons (Fsp3) is 0.375. The van der Waals surface area contributed by atoms with Crippen LogP contribution in [0.25, 0.3) is 0 Å². The molecule has 0 saturated carbocycles. The van der Waals surface area contributed by atoms with Crippen LogP contribution in [0, 0.1) is 5.82 Å². The maximum absolute atomic E-state index is 13.0. The molecule has 0 aromatic carbocycles. The van der Waals surface area contributed by atoms with Gasteiger partial charge in [0.15, 0.2) is 0 Å². The van der Waals surface area contributed by atoms with E-state index < -0.39 is 5.82 Å². The summed E-state index contributed by atoms with van der Waals surface area (Å²) >= 11 is 11.2. The topological polar surface area (TPSA) is 12.9 Å². The van der Waals surface area contributed by atoms with Gasteiger partial charge in [-0.3, -0.25) is 4.98 Å². The number of alkyl halides is 1. The summed E-state index contributed by atoms with van der Waals surface area (Å²) in [7, 11) is 0. The van der Waals surface area contributed by atoms with Gasteiger partial charge in [-0.25, -0.2) is 4.39 Å². The molecule has 0 amide bonds. The normalized spacial score (nSPS) is 13.0. The summed E-state index contributed by atoms with van der Waals surface area (Å²) in [6.07, 6.45) is 1.84. The van der Waals surface area contributed by atoms with E-state index in [0.29, 0.717) is 17.1 Å². The number of rotatable bonds is 2. The number of aromatic nitrogens is 1. The van der Waals surface area contributed by atoms with Crippen LogP contribution in [-0.4, -0.2) is 10.4 Å². The Morgan fingerprint density at radius 2 is 2.33 bits per heavy atom. The Kier molecular flexibility index (Phi) is 3.29. The van der Waals surface area contributed by atoms with Gasteiger partial charge in [-0.2, -0.15) is 0 Å². The third kappa shape index (κ3) is 2.61. The standard InChI is InChI=1S/C8H8Cl2FN/c1-5(9)2-8-7(11)3-6(10)4-12-8/h3-5H,2H2,1H3. The van der Waals surface area contributed by atoms with Crippen molar-refractivity contribution in [3.8, 4) is 0 Å². The average molecular weight is 208 g/mol.